The predicted octanol–water partition coefficient (Wildman–Crippen LogP) is 5.13. The van der Waals surface area contributed by atoms with Gasteiger partial charge in [0.2, 0.25) is 21.8 Å². The summed E-state index contributed by atoms with van der Waals surface area (Å²) in [5.41, 5.74) is 2.52. The van der Waals surface area contributed by atoms with Crippen LogP contribution >= 0.6 is 0 Å². The van der Waals surface area contributed by atoms with Crippen LogP contribution in [0.25, 0.3) is 22.0 Å². The van der Waals surface area contributed by atoms with Crippen LogP contribution in [0, 0.1) is 5.82 Å². The topological polar surface area (TPSA) is 132 Å². The Labute approximate surface area is 261 Å². The SMILES string of the molecule is COc1ccc(C2(C)CC3(C2)C(=O)Nc2cnc4cc(F)c(-c5cnc(OCCNC(C)C)c(NS(C)(=O)=O)c5)cc4c23)cc1. The molecule has 0 radical (unpaired) electrons. The first-order valence-electron chi connectivity index (χ1n) is 14.7. The van der Waals surface area contributed by atoms with Crippen LogP contribution in [0.3, 0.4) is 0 Å². The van der Waals surface area contributed by atoms with Crippen molar-refractivity contribution in [1.29, 1.82) is 0 Å². The minimum atomic E-state index is -3.69. The number of hydrogen-bond donors (Lipinski definition) is 3. The van der Waals surface area contributed by atoms with Gasteiger partial charge in [-0.1, -0.05) is 32.9 Å². The first-order valence-corrected chi connectivity index (χ1v) is 16.6. The molecule has 2 aromatic carbocycles. The number of methoxy groups -OCH3 is 1. The molecule has 45 heavy (non-hydrogen) atoms. The summed E-state index contributed by atoms with van der Waals surface area (Å²) in [6.45, 7) is 6.94. The van der Waals surface area contributed by atoms with Gasteiger partial charge in [0.1, 0.15) is 23.9 Å². The lowest BCUT2D eigenvalue weighted by molar-refractivity contribution is -0.126. The third-order valence-electron chi connectivity index (χ3n) is 8.64. The van der Waals surface area contributed by atoms with Crippen LogP contribution in [0.4, 0.5) is 15.8 Å². The molecule has 0 saturated heterocycles. The van der Waals surface area contributed by atoms with Crippen molar-refractivity contribution in [3.8, 4) is 22.8 Å². The summed E-state index contributed by atoms with van der Waals surface area (Å²) in [6, 6.07) is 12.7. The van der Waals surface area contributed by atoms with Gasteiger partial charge in [-0.05, 0) is 48.1 Å². The zero-order valence-electron chi connectivity index (χ0n) is 25.8. The van der Waals surface area contributed by atoms with Crippen LogP contribution in [0.15, 0.2) is 54.9 Å². The van der Waals surface area contributed by atoms with Gasteiger partial charge in [0, 0.05) is 46.9 Å². The molecule has 1 spiro atoms. The van der Waals surface area contributed by atoms with Crippen molar-refractivity contribution in [2.24, 2.45) is 0 Å². The summed E-state index contributed by atoms with van der Waals surface area (Å²) in [4.78, 5) is 22.4. The Morgan fingerprint density at radius 1 is 1.09 bits per heavy atom. The number of benzene rings is 2. The molecule has 236 valence electrons. The van der Waals surface area contributed by atoms with E-state index in [0.717, 1.165) is 23.1 Å². The molecule has 4 aromatic rings. The lowest BCUT2D eigenvalue weighted by atomic mass is 9.49. The van der Waals surface area contributed by atoms with Gasteiger partial charge in [-0.15, -0.1) is 0 Å². The summed E-state index contributed by atoms with van der Waals surface area (Å²) in [5, 5.41) is 6.88. The molecule has 0 unspecified atom stereocenters. The van der Waals surface area contributed by atoms with Crippen molar-refractivity contribution in [1.82, 2.24) is 15.3 Å². The second-order valence-corrected chi connectivity index (χ2v) is 14.2. The number of fused-ring (bicyclic) bond motifs is 4. The number of amides is 1. The van der Waals surface area contributed by atoms with E-state index in [1.54, 1.807) is 19.4 Å². The van der Waals surface area contributed by atoms with Gasteiger partial charge in [-0.25, -0.2) is 17.8 Å². The number of hydrogen-bond acceptors (Lipinski definition) is 8. The number of anilines is 2. The average Bonchev–Trinajstić information content (AvgIpc) is 3.26. The Balaban J connectivity index is 1.39. The molecule has 2 aromatic heterocycles. The number of sulfonamides is 1. The van der Waals surface area contributed by atoms with Gasteiger partial charge in [0.15, 0.2) is 0 Å². The molecule has 1 saturated carbocycles. The first-order chi connectivity index (χ1) is 21.3. The maximum atomic E-state index is 15.7. The standard InChI is InChI=1S/C33H36FN5O5S/c1-19(2)35-10-11-44-30-27(39-45(5,41)42)12-20(15-37-30)23-13-24-26(14-25(23)34)36-16-28-29(24)33(31(40)38-28)17-32(3,18-33)21-6-8-22(43-4)9-7-21/h6-9,12-16,19,35,39H,10-11,17-18H2,1-5H3,(H,38,40). The number of rotatable bonds is 10. The van der Waals surface area contributed by atoms with Crippen molar-refractivity contribution >= 4 is 38.2 Å². The molecule has 3 N–H and O–H groups in total. The van der Waals surface area contributed by atoms with Gasteiger partial charge < -0.3 is 20.1 Å². The molecule has 10 nitrogen and oxygen atoms in total. The number of nitrogens with one attached hydrogen (secondary N) is 3. The maximum Gasteiger partial charge on any atom is 0.238 e. The molecule has 12 heteroatoms. The van der Waals surface area contributed by atoms with E-state index in [-0.39, 0.29) is 41.1 Å². The van der Waals surface area contributed by atoms with E-state index in [0.29, 0.717) is 41.5 Å². The third kappa shape index (κ3) is 5.68. The van der Waals surface area contributed by atoms with Crippen LogP contribution in [0.5, 0.6) is 11.6 Å². The van der Waals surface area contributed by atoms with Crippen LogP contribution in [0.1, 0.15) is 44.7 Å². The van der Waals surface area contributed by atoms with E-state index in [2.05, 4.69) is 32.2 Å². The van der Waals surface area contributed by atoms with Crippen molar-refractivity contribution in [3.05, 3.63) is 71.8 Å². The van der Waals surface area contributed by atoms with E-state index in [9.17, 15) is 13.2 Å². The second-order valence-electron chi connectivity index (χ2n) is 12.5. The fourth-order valence-electron chi connectivity index (χ4n) is 6.70. The van der Waals surface area contributed by atoms with Crippen LogP contribution in [-0.4, -0.2) is 56.9 Å². The number of pyridine rings is 2. The molecule has 1 aliphatic heterocycles. The Bertz CT molecular complexity index is 1910. The maximum absolute atomic E-state index is 15.7. The zero-order valence-corrected chi connectivity index (χ0v) is 26.6. The molecule has 2 aliphatic rings. The van der Waals surface area contributed by atoms with Crippen LogP contribution in [-0.2, 0) is 25.6 Å². The monoisotopic (exact) mass is 633 g/mol. The molecule has 1 fully saturated rings. The predicted molar refractivity (Wildman–Crippen MR) is 172 cm³/mol. The molecule has 1 aliphatic carbocycles. The third-order valence-corrected chi connectivity index (χ3v) is 9.23. The van der Waals surface area contributed by atoms with Gasteiger partial charge in [0.25, 0.3) is 0 Å². The Hall–Kier alpha value is -4.29. The summed E-state index contributed by atoms with van der Waals surface area (Å²) in [6.07, 6.45) is 5.19. The van der Waals surface area contributed by atoms with Crippen molar-refractivity contribution in [3.63, 3.8) is 0 Å². The van der Waals surface area contributed by atoms with Crippen molar-refractivity contribution in [2.45, 2.75) is 50.5 Å². The Morgan fingerprint density at radius 2 is 1.82 bits per heavy atom. The minimum absolute atomic E-state index is 0.0829. The Morgan fingerprint density at radius 3 is 2.49 bits per heavy atom. The molecular formula is C33H36FN5O5S. The van der Waals surface area contributed by atoms with Gasteiger partial charge >= 0.3 is 0 Å². The van der Waals surface area contributed by atoms with Gasteiger partial charge in [-0.2, -0.15) is 0 Å². The highest BCUT2D eigenvalue weighted by Crippen LogP contribution is 2.62. The largest absolute Gasteiger partial charge is 0.497 e. The summed E-state index contributed by atoms with van der Waals surface area (Å²) in [7, 11) is -2.07. The van der Waals surface area contributed by atoms with Crippen molar-refractivity contribution in [2.75, 3.05) is 36.6 Å². The number of carbonyl (C=O) groups excluding carboxylic acids is 1. The lowest BCUT2D eigenvalue weighted by Crippen LogP contribution is -2.54. The number of aromatic nitrogens is 2. The second kappa shape index (κ2) is 11.3. The molecule has 1 amide bonds. The van der Waals surface area contributed by atoms with Crippen LogP contribution in [0.2, 0.25) is 0 Å². The lowest BCUT2D eigenvalue weighted by Gasteiger charge is -2.52. The molecule has 0 atom stereocenters. The quantitative estimate of drug-likeness (QED) is 0.205. The number of halogens is 1. The fourth-order valence-corrected chi connectivity index (χ4v) is 7.24. The highest BCUT2D eigenvalue weighted by molar-refractivity contribution is 7.92. The van der Waals surface area contributed by atoms with E-state index < -0.39 is 21.3 Å². The van der Waals surface area contributed by atoms with E-state index in [1.165, 1.54) is 18.3 Å². The normalized spacial score (nSPS) is 20.6. The molecule has 3 heterocycles. The van der Waals surface area contributed by atoms with Gasteiger partial charge in [0.05, 0.1) is 36.2 Å². The van der Waals surface area contributed by atoms with Crippen molar-refractivity contribution < 1.29 is 27.1 Å². The van der Waals surface area contributed by atoms with E-state index >= 15 is 4.39 Å². The van der Waals surface area contributed by atoms with E-state index in [1.807, 2.05) is 38.1 Å². The number of ether oxygens (including phenoxy) is 2. The first kappa shape index (κ1) is 30.7. The summed E-state index contributed by atoms with van der Waals surface area (Å²) >= 11 is 0. The van der Waals surface area contributed by atoms with Gasteiger partial charge in [-0.3, -0.25) is 14.5 Å². The molecule has 6 rings (SSSR count). The fraction of sp³-hybridized carbons (Fsp3) is 0.364. The molecule has 0 bridgehead atoms. The summed E-state index contributed by atoms with van der Waals surface area (Å²) in [5.74, 6) is 0.192. The minimum Gasteiger partial charge on any atom is -0.497 e. The molecular weight excluding hydrogens is 597 g/mol. The number of carbonyl (C=O) groups is 1. The zero-order chi connectivity index (χ0) is 32.1. The smallest absolute Gasteiger partial charge is 0.238 e. The summed E-state index contributed by atoms with van der Waals surface area (Å²) < 4.78 is 53.6. The van der Waals surface area contributed by atoms with E-state index in [4.69, 9.17) is 9.47 Å². The van der Waals surface area contributed by atoms with Crippen LogP contribution < -0.4 is 24.8 Å². The Kier molecular flexibility index (Phi) is 7.68. The number of nitrogens with zero attached hydrogens (tertiary/aromatic N) is 2. The average molecular weight is 634 g/mol. The highest BCUT2D eigenvalue weighted by Gasteiger charge is 2.61. The highest BCUT2D eigenvalue weighted by atomic mass is 32.2.